The first-order valence-electron chi connectivity index (χ1n) is 34.6. The minimum atomic E-state index is -1.89. The SMILES string of the molecule is CC(C)C[C@H](NC(=O)[C@H](CC(C)C)NC(=O)[C@H](CCCCN)NC(=O)[C@H](CO)NC(=O)[C@H](CC(C)C)NC(=O)[C@@H](NC(=O)[C@H](CCCN=C(N)N)NC(=O)[C@H](CC(C)C)NC(=O)[C@H](CC(=O)O)NC(=O)[C@H](CS)NC(=O)[C@H](C)N)C(C)C)C(=O)N[C@@H](CCCN=C(N)N)C(=O)N[C@@H](CC(=O)O)C(=O)O. The number of carbonyl (C=O) groups is 15. The summed E-state index contributed by atoms with van der Waals surface area (Å²) in [6, 6.07) is -19.5. The van der Waals surface area contributed by atoms with E-state index in [9.17, 15) is 92.3 Å². The fourth-order valence-electron chi connectivity index (χ4n) is 10.1. The van der Waals surface area contributed by atoms with Gasteiger partial charge in [-0.05, 0) is 114 Å². The molecule has 0 aliphatic heterocycles. The number of aliphatic hydroxyl groups is 1. The highest BCUT2D eigenvalue weighted by Gasteiger charge is 2.39. The molecule has 0 heterocycles. The molecule has 104 heavy (non-hydrogen) atoms. The lowest BCUT2D eigenvalue weighted by molar-refractivity contribution is -0.147. The van der Waals surface area contributed by atoms with Crippen molar-refractivity contribution in [3.8, 4) is 0 Å². The molecule has 0 bridgehead atoms. The van der Waals surface area contributed by atoms with Crippen molar-refractivity contribution < 1.29 is 92.3 Å². The number of thiol groups is 1. The number of carboxylic acid groups (broad SMARTS) is 3. The van der Waals surface area contributed by atoms with Gasteiger partial charge in [-0.15, -0.1) is 0 Å². The van der Waals surface area contributed by atoms with Gasteiger partial charge < -0.3 is 119 Å². The highest BCUT2D eigenvalue weighted by atomic mass is 32.1. The standard InChI is InChI=1S/C64H116N20O19S/c1-30(2)22-39(54(94)73-37(17-14-20-71-63(67)68)52(92)81-44(62(102)103)27-48(88)89)77-56(96)41(24-32(5)6)76-51(91)36(16-12-13-19-65)75-59(99)45(28-85)82-57(97)42(25-33(7)8)80-61(101)49(34(9)10)84-53(93)38(18-15-21-72-64(69)70)74-55(95)40(23-31(3)4)78-58(98)43(26-47(86)87)79-60(100)46(29-104)83-50(90)35(11)66/h30-46,49,85,104H,12-29,65-66H2,1-11H3,(H,73,94)(H,74,95)(H,75,99)(H,76,91)(H,77,96)(H,78,98)(H,79,100)(H,80,101)(H,81,92)(H,82,97)(H,83,90)(H,84,93)(H,86,87)(H,88,89)(H,102,103)(H4,67,68,71)(H4,69,70,72)/t35-,36-,37-,38-,39-,40-,41-,42-,43-,44-,45-,46-,49-/m0/s1. The molecule has 0 spiro atoms. The summed E-state index contributed by atoms with van der Waals surface area (Å²) in [5.74, 6) is -19.0. The average Bonchev–Trinajstić information content (AvgIpc) is 0.852. The molecular formula is C64H116N20O19S. The molecule has 13 atom stereocenters. The molecule has 0 aromatic carbocycles. The largest absolute Gasteiger partial charge is 0.481 e. The first-order chi connectivity index (χ1) is 48.5. The van der Waals surface area contributed by atoms with Crippen molar-refractivity contribution in [2.75, 3.05) is 32.0 Å². The Morgan fingerprint density at radius 1 is 0.356 bits per heavy atom. The zero-order valence-electron chi connectivity index (χ0n) is 61.3. The number of hydrogen-bond acceptors (Lipinski definition) is 21. The predicted molar refractivity (Wildman–Crippen MR) is 385 cm³/mol. The van der Waals surface area contributed by atoms with E-state index in [1.165, 1.54) is 6.92 Å². The summed E-state index contributed by atoms with van der Waals surface area (Å²) in [6.07, 6.45) is -1.95. The summed E-state index contributed by atoms with van der Waals surface area (Å²) >= 11 is 4.08. The molecule has 0 aromatic rings. The van der Waals surface area contributed by atoms with Crippen LogP contribution < -0.4 is 98.2 Å². The van der Waals surface area contributed by atoms with E-state index < -0.39 is 193 Å². The lowest BCUT2D eigenvalue weighted by atomic mass is 9.98. The summed E-state index contributed by atoms with van der Waals surface area (Å²) in [4.78, 5) is 210. The Morgan fingerprint density at radius 2 is 0.635 bits per heavy atom. The minimum absolute atomic E-state index is 0.0267. The summed E-state index contributed by atoms with van der Waals surface area (Å²) in [5, 5.41) is 69.0. The second-order valence-corrected chi connectivity index (χ2v) is 27.7. The Balaban J connectivity index is 7.07. The number of aliphatic imine (C=N–C) groups is 2. The normalized spacial score (nSPS) is 15.0. The Bertz CT molecular complexity index is 2930. The van der Waals surface area contributed by atoms with Crippen molar-refractivity contribution in [3.05, 3.63) is 0 Å². The molecular weight excluding hydrogens is 1380 g/mol. The zero-order chi connectivity index (χ0) is 79.8. The van der Waals surface area contributed by atoms with Crippen molar-refractivity contribution in [1.82, 2.24) is 63.8 Å². The number of rotatable bonds is 52. The lowest BCUT2D eigenvalue weighted by Gasteiger charge is -2.30. The van der Waals surface area contributed by atoms with Crippen LogP contribution in [0.15, 0.2) is 9.98 Å². The number of nitrogens with one attached hydrogen (secondary N) is 12. The maximum Gasteiger partial charge on any atom is 0.326 e. The average molecular weight is 1500 g/mol. The van der Waals surface area contributed by atoms with Crippen molar-refractivity contribution >= 4 is 113 Å². The van der Waals surface area contributed by atoms with Gasteiger partial charge in [-0.3, -0.25) is 77.1 Å². The van der Waals surface area contributed by atoms with Crippen LogP contribution in [0.4, 0.5) is 0 Å². The number of carbonyl (C=O) groups excluding carboxylic acids is 12. The molecule has 28 N–H and O–H groups in total. The van der Waals surface area contributed by atoms with E-state index in [1.807, 2.05) is 0 Å². The van der Waals surface area contributed by atoms with Gasteiger partial charge >= 0.3 is 17.9 Å². The lowest BCUT2D eigenvalue weighted by Crippen LogP contribution is -2.62. The monoisotopic (exact) mass is 1500 g/mol. The number of hydrogen-bond donors (Lipinski definition) is 23. The number of amides is 12. The third-order valence-electron chi connectivity index (χ3n) is 15.4. The van der Waals surface area contributed by atoms with E-state index in [1.54, 1.807) is 69.2 Å². The number of unbranched alkanes of at least 4 members (excludes halogenated alkanes) is 1. The smallest absolute Gasteiger partial charge is 0.326 e. The maximum atomic E-state index is 14.4. The molecule has 0 radical (unpaired) electrons. The van der Waals surface area contributed by atoms with Crippen LogP contribution in [-0.2, 0) is 71.9 Å². The number of nitrogens with two attached hydrogens (primary N) is 6. The first kappa shape index (κ1) is 94.8. The zero-order valence-corrected chi connectivity index (χ0v) is 62.2. The number of nitrogens with zero attached hydrogens (tertiary/aromatic N) is 2. The molecule has 0 saturated carbocycles. The Morgan fingerprint density at radius 3 is 0.952 bits per heavy atom. The van der Waals surface area contributed by atoms with E-state index in [0.29, 0.717) is 6.42 Å². The first-order valence-corrected chi connectivity index (χ1v) is 35.2. The molecule has 0 aliphatic rings. The van der Waals surface area contributed by atoms with E-state index in [4.69, 9.17) is 34.4 Å². The van der Waals surface area contributed by atoms with E-state index in [2.05, 4.69) is 86.4 Å². The van der Waals surface area contributed by atoms with Crippen LogP contribution in [0.1, 0.15) is 160 Å². The Hall–Kier alpha value is -9.18. The van der Waals surface area contributed by atoms with Gasteiger partial charge in [0.15, 0.2) is 11.9 Å². The van der Waals surface area contributed by atoms with Crippen LogP contribution in [0.25, 0.3) is 0 Å². The molecule has 0 unspecified atom stereocenters. The van der Waals surface area contributed by atoms with Crippen LogP contribution >= 0.6 is 12.6 Å². The molecule has 0 aromatic heterocycles. The highest BCUT2D eigenvalue weighted by Crippen LogP contribution is 2.15. The van der Waals surface area contributed by atoms with Crippen molar-refractivity contribution in [3.63, 3.8) is 0 Å². The fraction of sp³-hybridized carbons (Fsp3) is 0.734. The van der Waals surface area contributed by atoms with Crippen molar-refractivity contribution in [2.45, 2.75) is 238 Å². The van der Waals surface area contributed by atoms with Crippen molar-refractivity contribution in [1.29, 1.82) is 0 Å². The van der Waals surface area contributed by atoms with Gasteiger partial charge in [0, 0.05) is 18.8 Å². The van der Waals surface area contributed by atoms with Gasteiger partial charge in [0.25, 0.3) is 0 Å². The van der Waals surface area contributed by atoms with E-state index in [-0.39, 0.29) is 125 Å². The number of aliphatic carboxylic acids is 3. The van der Waals surface area contributed by atoms with Gasteiger partial charge in [0.05, 0.1) is 25.5 Å². The van der Waals surface area contributed by atoms with Gasteiger partial charge in [0.2, 0.25) is 70.9 Å². The summed E-state index contributed by atoms with van der Waals surface area (Å²) in [5.41, 5.74) is 33.3. The molecule has 592 valence electrons. The van der Waals surface area contributed by atoms with Crippen LogP contribution in [-0.4, -0.2) is 232 Å². The van der Waals surface area contributed by atoms with Gasteiger partial charge in [-0.1, -0.05) is 69.2 Å². The number of aliphatic hydroxyl groups excluding tert-OH is 1. The summed E-state index contributed by atoms with van der Waals surface area (Å²) in [7, 11) is 0. The highest BCUT2D eigenvalue weighted by molar-refractivity contribution is 7.80. The second-order valence-electron chi connectivity index (χ2n) is 27.3. The topological polar surface area (TPSA) is 662 Å². The third-order valence-corrected chi connectivity index (χ3v) is 15.8. The van der Waals surface area contributed by atoms with Gasteiger partial charge in [-0.25, -0.2) is 4.79 Å². The summed E-state index contributed by atoms with van der Waals surface area (Å²) in [6.45, 7) is 17.3. The van der Waals surface area contributed by atoms with E-state index >= 15 is 0 Å². The predicted octanol–water partition coefficient (Wildman–Crippen LogP) is -5.82. The molecule has 0 fully saturated rings. The molecule has 0 aliphatic carbocycles. The molecule has 39 nitrogen and oxygen atoms in total. The Kier molecular flexibility index (Phi) is 45.1. The molecule has 12 amide bonds. The third kappa shape index (κ3) is 38.9. The van der Waals surface area contributed by atoms with Crippen molar-refractivity contribution in [2.24, 2.45) is 74.0 Å². The van der Waals surface area contributed by atoms with Gasteiger partial charge in [-0.2, -0.15) is 12.6 Å². The van der Waals surface area contributed by atoms with Crippen LogP contribution in [0.2, 0.25) is 0 Å². The second kappa shape index (κ2) is 49.5. The van der Waals surface area contributed by atoms with E-state index in [0.717, 1.165) is 0 Å². The quantitative estimate of drug-likeness (QED) is 0.0117. The molecule has 0 rings (SSSR count). The maximum absolute atomic E-state index is 14.4. The number of guanidine groups is 2. The number of carboxylic acids is 3. The summed E-state index contributed by atoms with van der Waals surface area (Å²) < 4.78 is 0. The van der Waals surface area contributed by atoms with Crippen LogP contribution in [0, 0.1) is 29.6 Å². The fourth-order valence-corrected chi connectivity index (χ4v) is 10.3. The minimum Gasteiger partial charge on any atom is -0.481 e. The molecule has 0 saturated heterocycles. The van der Waals surface area contributed by atoms with Crippen LogP contribution in [0.3, 0.4) is 0 Å². The van der Waals surface area contributed by atoms with Gasteiger partial charge in [0.1, 0.15) is 72.5 Å². The Labute approximate surface area is 611 Å². The van der Waals surface area contributed by atoms with Crippen LogP contribution in [0.5, 0.6) is 0 Å². The molecule has 40 heteroatoms.